The Labute approximate surface area is 275 Å². The van der Waals surface area contributed by atoms with Crippen molar-refractivity contribution in [1.82, 2.24) is 24.6 Å². The van der Waals surface area contributed by atoms with Crippen LogP contribution < -0.4 is 10.1 Å². The van der Waals surface area contributed by atoms with Crippen LogP contribution in [-0.4, -0.2) is 49.4 Å². The van der Waals surface area contributed by atoms with Gasteiger partial charge in [0.05, 0.1) is 22.1 Å². The first-order valence-corrected chi connectivity index (χ1v) is 16.6. The number of ether oxygens (including phenoxy) is 2. The Kier molecular flexibility index (Phi) is 8.06. The molecule has 0 atom stereocenters. The zero-order chi connectivity index (χ0) is 32.0. The number of carbonyl (C=O) groups is 1. The molecule has 238 valence electrons. The summed E-state index contributed by atoms with van der Waals surface area (Å²) in [5, 5.41) is 9.90. The molecule has 2 aromatic carbocycles. The lowest BCUT2D eigenvalue weighted by Gasteiger charge is -2.33. The van der Waals surface area contributed by atoms with Gasteiger partial charge < -0.3 is 19.7 Å². The highest BCUT2D eigenvalue weighted by Crippen LogP contribution is 2.46. The van der Waals surface area contributed by atoms with Gasteiger partial charge in [-0.2, -0.15) is 5.10 Å². The number of piperidine rings is 1. The highest BCUT2D eigenvalue weighted by molar-refractivity contribution is 7.22. The topological polar surface area (TPSA) is 94.4 Å². The van der Waals surface area contributed by atoms with Crippen LogP contribution in [0.5, 0.6) is 5.75 Å². The predicted molar refractivity (Wildman–Crippen MR) is 178 cm³/mol. The Morgan fingerprint density at radius 2 is 1.96 bits per heavy atom. The van der Waals surface area contributed by atoms with Gasteiger partial charge in [0.1, 0.15) is 40.8 Å². The first-order chi connectivity index (χ1) is 22.1. The molecule has 0 radical (unpaired) electrons. The van der Waals surface area contributed by atoms with Gasteiger partial charge in [-0.25, -0.2) is 19.2 Å². The summed E-state index contributed by atoms with van der Waals surface area (Å²) in [5.74, 6) is 0.927. The molecule has 1 saturated heterocycles. The summed E-state index contributed by atoms with van der Waals surface area (Å²) in [5.41, 5.74) is 4.45. The molecule has 5 aromatic rings. The number of hydrogen-bond donors (Lipinski definition) is 1. The van der Waals surface area contributed by atoms with Gasteiger partial charge in [-0.3, -0.25) is 4.68 Å². The number of amides is 1. The molecule has 1 N–H and O–H groups in total. The van der Waals surface area contributed by atoms with Crippen LogP contribution in [0.1, 0.15) is 56.5 Å². The summed E-state index contributed by atoms with van der Waals surface area (Å²) >= 11 is 8.23. The van der Waals surface area contributed by atoms with Gasteiger partial charge in [0.15, 0.2) is 0 Å². The fourth-order valence-corrected chi connectivity index (χ4v) is 7.49. The van der Waals surface area contributed by atoms with E-state index in [-0.39, 0.29) is 24.6 Å². The molecule has 2 aliphatic rings. The average Bonchev–Trinajstić information content (AvgIpc) is 3.62. The van der Waals surface area contributed by atoms with Gasteiger partial charge >= 0.3 is 6.09 Å². The molecule has 0 unspecified atom stereocenters. The van der Waals surface area contributed by atoms with E-state index >= 15 is 0 Å². The molecule has 1 aliphatic heterocycles. The molecular formula is C34H34ClFN6O3S. The minimum atomic E-state index is -0.504. The number of thiophene rings is 1. The first kappa shape index (κ1) is 30.4. The standard InChI is InChI=1S/C34H34ClFN6O3S/c1-34(2,3)45-33(43)41-13-11-23(12-14-41)42-17-25-27(40-42)9-8-24-29-31(37-19-38-32(29)46-30(24)25)39-22-7-10-28(26(35)16-22)44-18-20-5-4-6-21(36)15-20/h4-7,10,15-17,19,23H,8-9,11-14,18H2,1-3H3,(H,37,38,39). The second kappa shape index (κ2) is 12.2. The SMILES string of the molecule is CC(C)(C)OC(=O)N1CCC(n2cc3c(n2)CCc2c-3sc3ncnc(Nc4ccc(OCc5cccc(F)c5)c(Cl)c4)c23)CC1. The van der Waals surface area contributed by atoms with Crippen molar-refractivity contribution in [3.63, 3.8) is 0 Å². The van der Waals surface area contributed by atoms with Crippen molar-refractivity contribution in [2.45, 2.75) is 64.7 Å². The van der Waals surface area contributed by atoms with Crippen LogP contribution in [0, 0.1) is 5.82 Å². The van der Waals surface area contributed by atoms with E-state index in [2.05, 4.69) is 26.2 Å². The lowest BCUT2D eigenvalue weighted by Crippen LogP contribution is -2.42. The van der Waals surface area contributed by atoms with Crippen molar-refractivity contribution in [3.05, 3.63) is 82.6 Å². The third-order valence-corrected chi connectivity index (χ3v) is 9.69. The Morgan fingerprint density at radius 3 is 2.72 bits per heavy atom. The molecule has 4 heterocycles. The van der Waals surface area contributed by atoms with Crippen LogP contribution in [0.3, 0.4) is 0 Å². The maximum atomic E-state index is 13.5. The molecular weight excluding hydrogens is 627 g/mol. The third kappa shape index (κ3) is 6.26. The van der Waals surface area contributed by atoms with Crippen LogP contribution in [-0.2, 0) is 24.2 Å². The molecule has 3 aromatic heterocycles. The van der Waals surface area contributed by atoms with E-state index in [1.807, 2.05) is 26.8 Å². The molecule has 7 rings (SSSR count). The molecule has 0 bridgehead atoms. The van der Waals surface area contributed by atoms with Crippen molar-refractivity contribution < 1.29 is 18.7 Å². The van der Waals surface area contributed by atoms with Gasteiger partial charge in [-0.05, 0) is 87.9 Å². The quantitative estimate of drug-likeness (QED) is 0.196. The fraction of sp³-hybridized carbons (Fsp3) is 0.353. The van der Waals surface area contributed by atoms with Gasteiger partial charge in [0.25, 0.3) is 0 Å². The highest BCUT2D eigenvalue weighted by Gasteiger charge is 2.31. The Morgan fingerprint density at radius 1 is 1.13 bits per heavy atom. The Balaban J connectivity index is 1.08. The van der Waals surface area contributed by atoms with Crippen LogP contribution in [0.15, 0.2) is 55.0 Å². The largest absolute Gasteiger partial charge is 0.487 e. The monoisotopic (exact) mass is 660 g/mol. The molecule has 0 saturated carbocycles. The number of likely N-dealkylation sites (tertiary alicyclic amines) is 1. The maximum Gasteiger partial charge on any atom is 0.410 e. The summed E-state index contributed by atoms with van der Waals surface area (Å²) in [6.07, 6.45) is 6.82. The summed E-state index contributed by atoms with van der Waals surface area (Å²) in [6.45, 7) is 7.17. The zero-order valence-electron chi connectivity index (χ0n) is 25.8. The van der Waals surface area contributed by atoms with Crippen LogP contribution >= 0.6 is 22.9 Å². The molecule has 1 amide bonds. The Bertz CT molecular complexity index is 1930. The fourth-order valence-electron chi connectivity index (χ4n) is 6.03. The van der Waals surface area contributed by atoms with Crippen LogP contribution in [0.2, 0.25) is 5.02 Å². The first-order valence-electron chi connectivity index (χ1n) is 15.4. The average molecular weight is 661 g/mol. The van der Waals surface area contributed by atoms with Crippen molar-refractivity contribution in [2.75, 3.05) is 18.4 Å². The number of nitrogens with one attached hydrogen (secondary N) is 1. The molecule has 46 heavy (non-hydrogen) atoms. The van der Waals surface area contributed by atoms with E-state index in [1.54, 1.807) is 46.8 Å². The number of fused-ring (bicyclic) bond motifs is 5. The van der Waals surface area contributed by atoms with E-state index in [9.17, 15) is 9.18 Å². The second-order valence-corrected chi connectivity index (χ2v) is 14.1. The molecule has 12 heteroatoms. The summed E-state index contributed by atoms with van der Waals surface area (Å²) in [6, 6.07) is 12.0. The van der Waals surface area contributed by atoms with Crippen molar-refractivity contribution in [1.29, 1.82) is 0 Å². The number of halogens is 2. The van der Waals surface area contributed by atoms with Crippen molar-refractivity contribution in [2.24, 2.45) is 0 Å². The zero-order valence-corrected chi connectivity index (χ0v) is 27.4. The molecule has 1 fully saturated rings. The van der Waals surface area contributed by atoms with Crippen LogP contribution in [0.4, 0.5) is 20.7 Å². The molecule has 9 nitrogen and oxygen atoms in total. The predicted octanol–water partition coefficient (Wildman–Crippen LogP) is 8.34. The van der Waals surface area contributed by atoms with E-state index in [4.69, 9.17) is 26.2 Å². The summed E-state index contributed by atoms with van der Waals surface area (Å²) in [7, 11) is 0. The maximum absolute atomic E-state index is 13.5. The second-order valence-electron chi connectivity index (χ2n) is 12.7. The normalized spacial score (nSPS) is 15.0. The molecule has 0 spiro atoms. The third-order valence-electron chi connectivity index (χ3n) is 8.22. The number of rotatable bonds is 6. The number of anilines is 2. The van der Waals surface area contributed by atoms with E-state index in [1.165, 1.54) is 22.6 Å². The minimum absolute atomic E-state index is 0.210. The number of hydrogen-bond acceptors (Lipinski definition) is 8. The Hall–Kier alpha value is -4.22. The van der Waals surface area contributed by atoms with Crippen LogP contribution in [0.25, 0.3) is 20.7 Å². The van der Waals surface area contributed by atoms with Crippen molar-refractivity contribution >= 4 is 50.8 Å². The van der Waals surface area contributed by atoms with E-state index < -0.39 is 5.60 Å². The van der Waals surface area contributed by atoms with Gasteiger partial charge in [0, 0.05) is 35.4 Å². The lowest BCUT2D eigenvalue weighted by molar-refractivity contribution is 0.0184. The minimum Gasteiger partial charge on any atom is -0.487 e. The number of benzene rings is 2. The number of carbonyl (C=O) groups excluding carboxylic acids is 1. The van der Waals surface area contributed by atoms with Gasteiger partial charge in [-0.1, -0.05) is 23.7 Å². The van der Waals surface area contributed by atoms with Crippen molar-refractivity contribution in [3.8, 4) is 16.2 Å². The summed E-state index contributed by atoms with van der Waals surface area (Å²) in [4.78, 5) is 25.7. The number of aryl methyl sites for hydroxylation is 2. The van der Waals surface area contributed by atoms with Gasteiger partial charge in [-0.15, -0.1) is 11.3 Å². The smallest absolute Gasteiger partial charge is 0.410 e. The van der Waals surface area contributed by atoms with E-state index in [0.717, 1.165) is 64.2 Å². The summed E-state index contributed by atoms with van der Waals surface area (Å²) < 4.78 is 27.0. The lowest BCUT2D eigenvalue weighted by atomic mass is 9.95. The number of aromatic nitrogens is 4. The van der Waals surface area contributed by atoms with Gasteiger partial charge in [0.2, 0.25) is 0 Å². The number of nitrogens with zero attached hydrogens (tertiary/aromatic N) is 5. The van der Waals surface area contributed by atoms with E-state index in [0.29, 0.717) is 23.9 Å². The molecule has 1 aliphatic carbocycles. The highest BCUT2D eigenvalue weighted by atomic mass is 35.5.